The van der Waals surface area contributed by atoms with Gasteiger partial charge in [0.15, 0.2) is 0 Å². The lowest BCUT2D eigenvalue weighted by Crippen LogP contribution is -2.56. The summed E-state index contributed by atoms with van der Waals surface area (Å²) in [6.07, 6.45) is 4.25. The van der Waals surface area contributed by atoms with Crippen LogP contribution in [0.2, 0.25) is 0 Å². The third-order valence-electron chi connectivity index (χ3n) is 3.63. The minimum Gasteiger partial charge on any atom is -0.324 e. The van der Waals surface area contributed by atoms with Crippen LogP contribution in [0.1, 0.15) is 19.3 Å². The van der Waals surface area contributed by atoms with Crippen LogP contribution in [0.25, 0.3) is 11.3 Å². The van der Waals surface area contributed by atoms with Crippen molar-refractivity contribution in [1.82, 2.24) is 10.2 Å². The van der Waals surface area contributed by atoms with Gasteiger partial charge in [-0.15, -0.1) is 12.4 Å². The number of amides is 1. The van der Waals surface area contributed by atoms with E-state index in [1.165, 1.54) is 0 Å². The van der Waals surface area contributed by atoms with Crippen LogP contribution >= 0.6 is 12.4 Å². The highest BCUT2D eigenvalue weighted by Crippen LogP contribution is 2.30. The van der Waals surface area contributed by atoms with Crippen LogP contribution < -0.4 is 11.1 Å². The van der Waals surface area contributed by atoms with E-state index in [0.717, 1.165) is 36.2 Å². The number of benzene rings is 1. The summed E-state index contributed by atoms with van der Waals surface area (Å²) >= 11 is 0. The second-order valence-corrected chi connectivity index (χ2v) is 5.01. The zero-order valence-corrected chi connectivity index (χ0v) is 11.7. The third-order valence-corrected chi connectivity index (χ3v) is 3.63. The summed E-state index contributed by atoms with van der Waals surface area (Å²) in [6.45, 7) is 0. The second kappa shape index (κ2) is 5.64. The first-order valence-corrected chi connectivity index (χ1v) is 6.38. The SMILES string of the molecule is Cl.NC1(C(=O)Nc2cccc(-c3ccn[nH]3)c2)CCC1. The Morgan fingerprint density at radius 2 is 2.15 bits per heavy atom. The number of aromatic amines is 1. The number of carbonyl (C=O) groups is 1. The molecule has 20 heavy (non-hydrogen) atoms. The Balaban J connectivity index is 0.00000147. The topological polar surface area (TPSA) is 83.8 Å². The zero-order valence-electron chi connectivity index (χ0n) is 10.9. The molecule has 1 aromatic heterocycles. The summed E-state index contributed by atoms with van der Waals surface area (Å²) in [4.78, 5) is 12.1. The largest absolute Gasteiger partial charge is 0.324 e. The Kier molecular flexibility index (Phi) is 4.11. The van der Waals surface area contributed by atoms with E-state index >= 15 is 0 Å². The summed E-state index contributed by atoms with van der Waals surface area (Å²) in [5.41, 5.74) is 7.98. The van der Waals surface area contributed by atoms with Gasteiger partial charge in [-0.2, -0.15) is 5.10 Å². The van der Waals surface area contributed by atoms with Crippen LogP contribution in [0, 0.1) is 0 Å². The predicted molar refractivity (Wildman–Crippen MR) is 80.7 cm³/mol. The molecule has 6 heteroatoms. The molecule has 4 N–H and O–H groups in total. The molecule has 0 aliphatic heterocycles. The van der Waals surface area contributed by atoms with Crippen LogP contribution in [-0.4, -0.2) is 21.6 Å². The maximum absolute atomic E-state index is 12.1. The van der Waals surface area contributed by atoms with E-state index < -0.39 is 5.54 Å². The minimum atomic E-state index is -0.677. The van der Waals surface area contributed by atoms with Gasteiger partial charge in [-0.25, -0.2) is 0 Å². The van der Waals surface area contributed by atoms with Gasteiger partial charge in [0.25, 0.3) is 0 Å². The molecule has 5 nitrogen and oxygen atoms in total. The van der Waals surface area contributed by atoms with Crippen molar-refractivity contribution >= 4 is 24.0 Å². The summed E-state index contributed by atoms with van der Waals surface area (Å²) in [5.74, 6) is -0.0967. The minimum absolute atomic E-state index is 0. The van der Waals surface area contributed by atoms with Crippen LogP contribution in [0.5, 0.6) is 0 Å². The molecular weight excluding hydrogens is 276 g/mol. The molecule has 0 unspecified atom stereocenters. The fraction of sp³-hybridized carbons (Fsp3) is 0.286. The number of nitrogens with one attached hydrogen (secondary N) is 2. The number of hydrogen-bond donors (Lipinski definition) is 3. The number of hydrogen-bond acceptors (Lipinski definition) is 3. The van der Waals surface area contributed by atoms with Gasteiger partial charge in [0, 0.05) is 17.4 Å². The standard InChI is InChI=1S/C14H16N4O.ClH/c15-14(6-2-7-14)13(19)17-11-4-1-3-10(9-11)12-5-8-16-18-12;/h1,3-5,8-9H,2,6-7,15H2,(H,16,18)(H,17,19);1H. The van der Waals surface area contributed by atoms with E-state index in [9.17, 15) is 4.79 Å². The van der Waals surface area contributed by atoms with Gasteiger partial charge in [0.05, 0.1) is 11.2 Å². The molecular formula is C14H17ClN4O. The fourth-order valence-electron chi connectivity index (χ4n) is 2.22. The van der Waals surface area contributed by atoms with E-state index in [-0.39, 0.29) is 18.3 Å². The van der Waals surface area contributed by atoms with Gasteiger partial charge in [0.1, 0.15) is 0 Å². The third kappa shape index (κ3) is 2.69. The number of rotatable bonds is 3. The number of nitrogens with zero attached hydrogens (tertiary/aromatic N) is 1. The highest BCUT2D eigenvalue weighted by Gasteiger charge is 2.40. The van der Waals surface area contributed by atoms with Crippen LogP contribution in [0.15, 0.2) is 36.5 Å². The van der Waals surface area contributed by atoms with Gasteiger partial charge in [0.2, 0.25) is 5.91 Å². The number of anilines is 1. The predicted octanol–water partition coefficient (Wildman–Crippen LogP) is 2.32. The van der Waals surface area contributed by atoms with E-state index in [4.69, 9.17) is 5.73 Å². The average Bonchev–Trinajstić information content (AvgIpc) is 2.90. The lowest BCUT2D eigenvalue weighted by molar-refractivity contribution is -0.123. The molecule has 1 saturated carbocycles. The molecule has 1 heterocycles. The van der Waals surface area contributed by atoms with E-state index in [0.29, 0.717) is 0 Å². The van der Waals surface area contributed by atoms with Gasteiger partial charge in [-0.1, -0.05) is 12.1 Å². The van der Waals surface area contributed by atoms with Gasteiger partial charge < -0.3 is 11.1 Å². The molecule has 0 saturated heterocycles. The normalized spacial score (nSPS) is 15.8. The lowest BCUT2D eigenvalue weighted by Gasteiger charge is -2.36. The fourth-order valence-corrected chi connectivity index (χ4v) is 2.22. The highest BCUT2D eigenvalue weighted by atomic mass is 35.5. The van der Waals surface area contributed by atoms with Gasteiger partial charge >= 0.3 is 0 Å². The Labute approximate surface area is 123 Å². The molecule has 0 bridgehead atoms. The van der Waals surface area contributed by atoms with Crippen LogP contribution in [-0.2, 0) is 4.79 Å². The molecule has 1 fully saturated rings. The van der Waals surface area contributed by atoms with Crippen molar-refractivity contribution in [3.05, 3.63) is 36.5 Å². The van der Waals surface area contributed by atoms with Gasteiger partial charge in [-0.3, -0.25) is 9.89 Å². The molecule has 1 aliphatic carbocycles. The van der Waals surface area contributed by atoms with E-state index in [1.54, 1.807) is 6.20 Å². The van der Waals surface area contributed by atoms with Crippen molar-refractivity contribution in [2.45, 2.75) is 24.8 Å². The smallest absolute Gasteiger partial charge is 0.244 e. The van der Waals surface area contributed by atoms with Crippen LogP contribution in [0.3, 0.4) is 0 Å². The lowest BCUT2D eigenvalue weighted by atomic mass is 9.77. The second-order valence-electron chi connectivity index (χ2n) is 5.01. The molecule has 0 atom stereocenters. The first-order chi connectivity index (χ1) is 9.17. The number of halogens is 1. The molecule has 1 amide bonds. The van der Waals surface area contributed by atoms with Crippen molar-refractivity contribution in [2.75, 3.05) is 5.32 Å². The molecule has 3 rings (SSSR count). The molecule has 1 aromatic carbocycles. The highest BCUT2D eigenvalue weighted by molar-refractivity contribution is 5.99. The van der Waals surface area contributed by atoms with Crippen molar-refractivity contribution in [3.63, 3.8) is 0 Å². The molecule has 106 valence electrons. The molecule has 0 spiro atoms. The Morgan fingerprint density at radius 3 is 2.75 bits per heavy atom. The van der Waals surface area contributed by atoms with E-state index in [1.807, 2.05) is 30.3 Å². The molecule has 1 aliphatic rings. The Bertz CT molecular complexity index is 593. The van der Waals surface area contributed by atoms with Crippen molar-refractivity contribution in [1.29, 1.82) is 0 Å². The first kappa shape index (κ1) is 14.6. The Morgan fingerprint density at radius 1 is 1.35 bits per heavy atom. The maximum Gasteiger partial charge on any atom is 0.244 e. The average molecular weight is 293 g/mol. The number of H-pyrrole nitrogens is 1. The zero-order chi connectivity index (χ0) is 13.3. The monoisotopic (exact) mass is 292 g/mol. The number of nitrogens with two attached hydrogens (primary N) is 1. The Hall–Kier alpha value is -1.85. The van der Waals surface area contributed by atoms with Crippen molar-refractivity contribution in [2.24, 2.45) is 5.73 Å². The quantitative estimate of drug-likeness (QED) is 0.812. The summed E-state index contributed by atoms with van der Waals surface area (Å²) < 4.78 is 0. The number of carbonyl (C=O) groups excluding carboxylic acids is 1. The van der Waals surface area contributed by atoms with Crippen LogP contribution in [0.4, 0.5) is 5.69 Å². The van der Waals surface area contributed by atoms with Crippen molar-refractivity contribution < 1.29 is 4.79 Å². The van der Waals surface area contributed by atoms with Gasteiger partial charge in [-0.05, 0) is 37.5 Å². The van der Waals surface area contributed by atoms with E-state index in [2.05, 4.69) is 15.5 Å². The summed E-state index contributed by atoms with van der Waals surface area (Å²) in [7, 11) is 0. The summed E-state index contributed by atoms with van der Waals surface area (Å²) in [6, 6.07) is 9.52. The first-order valence-electron chi connectivity index (χ1n) is 6.38. The maximum atomic E-state index is 12.1. The van der Waals surface area contributed by atoms with Crippen molar-refractivity contribution in [3.8, 4) is 11.3 Å². The molecule has 2 aromatic rings. The molecule has 0 radical (unpaired) electrons. The number of aromatic nitrogens is 2. The summed E-state index contributed by atoms with van der Waals surface area (Å²) in [5, 5.41) is 9.71.